The molecule has 0 aliphatic carbocycles. The quantitative estimate of drug-likeness (QED) is 0.569. The number of hydrogen-bond acceptors (Lipinski definition) is 3. The van der Waals surface area contributed by atoms with Gasteiger partial charge in [-0.05, 0) is 59.5 Å². The van der Waals surface area contributed by atoms with Crippen molar-refractivity contribution in [2.75, 3.05) is 19.0 Å². The molecular formula is C24H25FN2O2. The zero-order valence-electron chi connectivity index (χ0n) is 16.5. The number of amides is 1. The molecule has 0 saturated heterocycles. The predicted molar refractivity (Wildman–Crippen MR) is 114 cm³/mol. The highest BCUT2D eigenvalue weighted by atomic mass is 19.1. The van der Waals surface area contributed by atoms with Crippen molar-refractivity contribution in [3.8, 4) is 5.75 Å². The highest BCUT2D eigenvalue weighted by Crippen LogP contribution is 2.13. The predicted octanol–water partition coefficient (Wildman–Crippen LogP) is 4.35. The van der Waals surface area contributed by atoms with Gasteiger partial charge in [-0.1, -0.05) is 36.4 Å². The van der Waals surface area contributed by atoms with Crippen LogP contribution >= 0.6 is 0 Å². The molecule has 0 spiro atoms. The Morgan fingerprint density at radius 2 is 1.48 bits per heavy atom. The fourth-order valence-corrected chi connectivity index (χ4v) is 2.93. The third kappa shape index (κ3) is 6.64. The number of carbonyl (C=O) groups is 1. The molecule has 0 aliphatic rings. The monoisotopic (exact) mass is 392 g/mol. The van der Waals surface area contributed by atoms with Gasteiger partial charge in [0, 0.05) is 18.8 Å². The van der Waals surface area contributed by atoms with E-state index < -0.39 is 0 Å². The summed E-state index contributed by atoms with van der Waals surface area (Å²) >= 11 is 0. The average Bonchev–Trinajstić information content (AvgIpc) is 2.75. The number of benzene rings is 3. The van der Waals surface area contributed by atoms with Gasteiger partial charge < -0.3 is 15.4 Å². The molecule has 0 fully saturated rings. The third-order valence-corrected chi connectivity index (χ3v) is 4.62. The van der Waals surface area contributed by atoms with E-state index >= 15 is 0 Å². The van der Waals surface area contributed by atoms with Crippen LogP contribution in [0.3, 0.4) is 0 Å². The topological polar surface area (TPSA) is 50.4 Å². The molecule has 0 atom stereocenters. The summed E-state index contributed by atoms with van der Waals surface area (Å²) in [4.78, 5) is 12.1. The maximum atomic E-state index is 12.9. The molecule has 0 aliphatic heterocycles. The Morgan fingerprint density at radius 1 is 0.862 bits per heavy atom. The fraction of sp³-hybridized carbons (Fsp3) is 0.208. The van der Waals surface area contributed by atoms with E-state index in [1.165, 1.54) is 12.1 Å². The Hall–Kier alpha value is -3.34. The standard InChI is InChI=1S/C24H25FN2O2/c1-29-23-12-6-18(7-13-23)14-15-26-24(28)16-19-4-10-22(11-5-19)27-17-20-2-8-21(25)9-3-20/h2-13,27H,14-17H2,1H3,(H,26,28). The first kappa shape index (κ1) is 20.4. The molecule has 4 nitrogen and oxygen atoms in total. The molecule has 29 heavy (non-hydrogen) atoms. The lowest BCUT2D eigenvalue weighted by molar-refractivity contribution is -0.120. The summed E-state index contributed by atoms with van der Waals surface area (Å²) in [6.45, 7) is 1.22. The van der Waals surface area contributed by atoms with Crippen LogP contribution in [0.1, 0.15) is 16.7 Å². The van der Waals surface area contributed by atoms with Gasteiger partial charge in [-0.15, -0.1) is 0 Å². The summed E-state index contributed by atoms with van der Waals surface area (Å²) in [6.07, 6.45) is 1.13. The SMILES string of the molecule is COc1ccc(CCNC(=O)Cc2ccc(NCc3ccc(F)cc3)cc2)cc1. The van der Waals surface area contributed by atoms with Gasteiger partial charge in [-0.25, -0.2) is 4.39 Å². The van der Waals surface area contributed by atoms with E-state index in [9.17, 15) is 9.18 Å². The fourth-order valence-electron chi connectivity index (χ4n) is 2.93. The van der Waals surface area contributed by atoms with Crippen molar-refractivity contribution >= 4 is 11.6 Å². The number of anilines is 1. The molecule has 2 N–H and O–H groups in total. The first-order chi connectivity index (χ1) is 14.1. The lowest BCUT2D eigenvalue weighted by Crippen LogP contribution is -2.27. The van der Waals surface area contributed by atoms with E-state index in [2.05, 4.69) is 10.6 Å². The van der Waals surface area contributed by atoms with Gasteiger partial charge in [-0.2, -0.15) is 0 Å². The smallest absolute Gasteiger partial charge is 0.224 e. The number of methoxy groups -OCH3 is 1. The first-order valence-electron chi connectivity index (χ1n) is 9.59. The van der Waals surface area contributed by atoms with Gasteiger partial charge in [0.1, 0.15) is 11.6 Å². The van der Waals surface area contributed by atoms with E-state index in [0.717, 1.165) is 34.5 Å². The average molecular weight is 392 g/mol. The van der Waals surface area contributed by atoms with E-state index in [4.69, 9.17) is 4.74 Å². The molecule has 3 aromatic rings. The maximum absolute atomic E-state index is 12.9. The second kappa shape index (κ2) is 10.3. The molecule has 1 amide bonds. The number of ether oxygens (including phenoxy) is 1. The van der Waals surface area contributed by atoms with Crippen LogP contribution in [0.25, 0.3) is 0 Å². The Balaban J connectivity index is 1.40. The summed E-state index contributed by atoms with van der Waals surface area (Å²) in [7, 11) is 1.64. The zero-order chi connectivity index (χ0) is 20.5. The number of hydrogen-bond donors (Lipinski definition) is 2. The molecule has 5 heteroatoms. The van der Waals surface area contributed by atoms with Crippen LogP contribution in [0.5, 0.6) is 5.75 Å². The summed E-state index contributed by atoms with van der Waals surface area (Å²) in [5.41, 5.74) is 4.08. The van der Waals surface area contributed by atoms with Crippen molar-refractivity contribution in [1.29, 1.82) is 0 Å². The largest absolute Gasteiger partial charge is 0.497 e. The van der Waals surface area contributed by atoms with Crippen molar-refractivity contribution < 1.29 is 13.9 Å². The summed E-state index contributed by atoms with van der Waals surface area (Å²) in [5.74, 6) is 0.597. The van der Waals surface area contributed by atoms with E-state index in [1.807, 2.05) is 48.5 Å². The van der Waals surface area contributed by atoms with E-state index in [-0.39, 0.29) is 11.7 Å². The Kier molecular flexibility index (Phi) is 7.22. The first-order valence-corrected chi connectivity index (χ1v) is 9.59. The minimum absolute atomic E-state index is 0.00512. The van der Waals surface area contributed by atoms with Gasteiger partial charge in [0.2, 0.25) is 5.91 Å². The molecule has 0 aromatic heterocycles. The highest BCUT2D eigenvalue weighted by molar-refractivity contribution is 5.78. The van der Waals surface area contributed by atoms with Crippen LogP contribution in [-0.2, 0) is 24.2 Å². The minimum atomic E-state index is -0.236. The Morgan fingerprint density at radius 3 is 2.14 bits per heavy atom. The van der Waals surface area contributed by atoms with Crippen molar-refractivity contribution in [2.45, 2.75) is 19.4 Å². The second-order valence-electron chi connectivity index (χ2n) is 6.80. The number of rotatable bonds is 9. The summed E-state index contributed by atoms with van der Waals surface area (Å²) < 4.78 is 18.1. The number of carbonyl (C=O) groups excluding carboxylic acids is 1. The van der Waals surface area contributed by atoms with Gasteiger partial charge in [0.05, 0.1) is 13.5 Å². The number of halogens is 1. The highest BCUT2D eigenvalue weighted by Gasteiger charge is 2.04. The molecule has 3 rings (SSSR count). The third-order valence-electron chi connectivity index (χ3n) is 4.62. The van der Waals surface area contributed by atoms with Gasteiger partial charge in [0.25, 0.3) is 0 Å². The van der Waals surface area contributed by atoms with Crippen LogP contribution in [-0.4, -0.2) is 19.6 Å². The number of nitrogens with one attached hydrogen (secondary N) is 2. The van der Waals surface area contributed by atoms with Gasteiger partial charge >= 0.3 is 0 Å². The second-order valence-corrected chi connectivity index (χ2v) is 6.80. The lowest BCUT2D eigenvalue weighted by Gasteiger charge is -2.09. The Bertz CT molecular complexity index is 907. The molecule has 0 radical (unpaired) electrons. The molecule has 3 aromatic carbocycles. The molecular weight excluding hydrogens is 367 g/mol. The van der Waals surface area contributed by atoms with Crippen molar-refractivity contribution in [1.82, 2.24) is 5.32 Å². The van der Waals surface area contributed by atoms with E-state index in [1.54, 1.807) is 19.2 Å². The van der Waals surface area contributed by atoms with Crippen LogP contribution in [0.4, 0.5) is 10.1 Å². The molecule has 0 heterocycles. The minimum Gasteiger partial charge on any atom is -0.497 e. The van der Waals surface area contributed by atoms with Crippen LogP contribution < -0.4 is 15.4 Å². The zero-order valence-corrected chi connectivity index (χ0v) is 16.5. The van der Waals surface area contributed by atoms with Gasteiger partial charge in [0.15, 0.2) is 0 Å². The van der Waals surface area contributed by atoms with Crippen LogP contribution in [0, 0.1) is 5.82 Å². The molecule has 150 valence electrons. The van der Waals surface area contributed by atoms with Crippen LogP contribution in [0.2, 0.25) is 0 Å². The molecule has 0 saturated carbocycles. The van der Waals surface area contributed by atoms with Crippen molar-refractivity contribution in [2.24, 2.45) is 0 Å². The van der Waals surface area contributed by atoms with Crippen molar-refractivity contribution in [3.63, 3.8) is 0 Å². The summed E-state index contributed by atoms with van der Waals surface area (Å²) in [6, 6.07) is 22.0. The normalized spacial score (nSPS) is 10.4. The Labute approximate surface area is 170 Å². The molecule has 0 bridgehead atoms. The van der Waals surface area contributed by atoms with Crippen molar-refractivity contribution in [3.05, 3.63) is 95.3 Å². The van der Waals surface area contributed by atoms with E-state index in [0.29, 0.717) is 19.5 Å². The molecule has 0 unspecified atom stereocenters. The van der Waals surface area contributed by atoms with Crippen LogP contribution in [0.15, 0.2) is 72.8 Å². The lowest BCUT2D eigenvalue weighted by atomic mass is 10.1. The summed E-state index contributed by atoms with van der Waals surface area (Å²) in [5, 5.41) is 6.25. The van der Waals surface area contributed by atoms with Gasteiger partial charge in [-0.3, -0.25) is 4.79 Å². The maximum Gasteiger partial charge on any atom is 0.224 e.